The van der Waals surface area contributed by atoms with E-state index in [0.29, 0.717) is 0 Å². The smallest absolute Gasteiger partial charge is 0.267 e. The summed E-state index contributed by atoms with van der Waals surface area (Å²) in [5.74, 6) is 0. The third-order valence-electron chi connectivity index (χ3n) is 2.98. The van der Waals surface area contributed by atoms with E-state index < -0.39 is 36.9 Å². The van der Waals surface area contributed by atoms with Gasteiger partial charge in [0.15, 0.2) is 0 Å². The predicted octanol–water partition coefficient (Wildman–Crippen LogP) is 2.61. The molecule has 0 saturated carbocycles. The van der Waals surface area contributed by atoms with Crippen LogP contribution in [0.3, 0.4) is 0 Å². The highest BCUT2D eigenvalue weighted by atomic mass is 32.2. The molecule has 0 aliphatic carbocycles. The van der Waals surface area contributed by atoms with Crippen molar-refractivity contribution < 1.29 is 18.3 Å². The number of nitro groups is 2. The summed E-state index contributed by atoms with van der Waals surface area (Å²) < 4.78 is 26.6. The van der Waals surface area contributed by atoms with Gasteiger partial charge < -0.3 is 0 Å². The maximum absolute atomic E-state index is 12.3. The van der Waals surface area contributed by atoms with Crippen LogP contribution in [0.25, 0.3) is 0 Å². The van der Waals surface area contributed by atoms with Crippen LogP contribution in [0.5, 0.6) is 0 Å². The van der Waals surface area contributed by atoms with Gasteiger partial charge in [0.25, 0.3) is 21.4 Å². The van der Waals surface area contributed by atoms with Gasteiger partial charge in [-0.25, -0.2) is 8.42 Å². The monoisotopic (exact) mass is 337 g/mol. The van der Waals surface area contributed by atoms with E-state index in [4.69, 9.17) is 0 Å². The topological polar surface area (TPSA) is 132 Å². The molecule has 0 aliphatic heterocycles. The van der Waals surface area contributed by atoms with Gasteiger partial charge >= 0.3 is 0 Å². The molecule has 23 heavy (non-hydrogen) atoms. The number of nitrogens with zero attached hydrogens (tertiary/aromatic N) is 2. The van der Waals surface area contributed by atoms with Crippen molar-refractivity contribution in [1.82, 2.24) is 0 Å². The lowest BCUT2D eigenvalue weighted by Crippen LogP contribution is -2.15. The molecule has 0 aliphatic rings. The average molecular weight is 337 g/mol. The lowest BCUT2D eigenvalue weighted by molar-refractivity contribution is -0.392. The van der Waals surface area contributed by atoms with Crippen molar-refractivity contribution >= 4 is 27.1 Å². The van der Waals surface area contributed by atoms with E-state index in [1.165, 1.54) is 12.1 Å². The molecule has 0 radical (unpaired) electrons. The first-order valence-corrected chi connectivity index (χ1v) is 7.72. The molecule has 2 aromatic carbocycles. The van der Waals surface area contributed by atoms with Gasteiger partial charge in [0.2, 0.25) is 5.69 Å². The van der Waals surface area contributed by atoms with E-state index in [1.54, 1.807) is 19.1 Å². The lowest BCUT2D eigenvalue weighted by Gasteiger charge is -2.09. The Labute approximate surface area is 130 Å². The summed E-state index contributed by atoms with van der Waals surface area (Å²) >= 11 is 0. The number of benzene rings is 2. The summed E-state index contributed by atoms with van der Waals surface area (Å²) in [6.07, 6.45) is 0. The average Bonchev–Trinajstić information content (AvgIpc) is 2.47. The third kappa shape index (κ3) is 3.43. The van der Waals surface area contributed by atoms with Crippen molar-refractivity contribution in [1.29, 1.82) is 0 Å². The van der Waals surface area contributed by atoms with Crippen molar-refractivity contribution in [3.63, 3.8) is 0 Å². The number of hydrogen-bond donors (Lipinski definition) is 1. The molecule has 0 heterocycles. The third-order valence-corrected chi connectivity index (χ3v) is 4.35. The Morgan fingerprint density at radius 1 is 0.913 bits per heavy atom. The molecule has 2 aromatic rings. The molecule has 0 unspecified atom stereocenters. The minimum atomic E-state index is -4.20. The molecular formula is C13H11N3O6S. The van der Waals surface area contributed by atoms with Gasteiger partial charge in [0.05, 0.1) is 14.7 Å². The number of aryl methyl sites for hydroxylation is 1. The minimum Gasteiger partial charge on any atom is -0.267 e. The number of rotatable bonds is 5. The Morgan fingerprint density at radius 3 is 1.83 bits per heavy atom. The van der Waals surface area contributed by atoms with E-state index in [1.807, 2.05) is 4.72 Å². The lowest BCUT2D eigenvalue weighted by atomic mass is 10.2. The van der Waals surface area contributed by atoms with Crippen LogP contribution >= 0.6 is 0 Å². The number of nitro benzene ring substituents is 2. The summed E-state index contributed by atoms with van der Waals surface area (Å²) in [6.45, 7) is 1.76. The second kappa shape index (κ2) is 6.01. The highest BCUT2D eigenvalue weighted by Gasteiger charge is 2.29. The van der Waals surface area contributed by atoms with E-state index >= 15 is 0 Å². The Hall–Kier alpha value is -3.01. The minimum absolute atomic E-state index is 0.157. The van der Waals surface area contributed by atoms with Gasteiger partial charge in [-0.15, -0.1) is 0 Å². The number of sulfonamides is 1. The predicted molar refractivity (Wildman–Crippen MR) is 81.7 cm³/mol. The summed E-state index contributed by atoms with van der Waals surface area (Å²) in [5.41, 5.74) is -1.26. The molecule has 2 rings (SSSR count). The standard InChI is InChI=1S/C13H11N3O6S/c1-9-5-7-10(8-6-9)23(21,22)14-13-11(15(17)18)3-2-4-12(13)16(19)20/h2-8,14H,1H3. The van der Waals surface area contributed by atoms with Crippen LogP contribution in [0.2, 0.25) is 0 Å². The fraction of sp³-hybridized carbons (Fsp3) is 0.0769. The van der Waals surface area contributed by atoms with Crippen LogP contribution in [0.15, 0.2) is 47.4 Å². The first-order chi connectivity index (χ1) is 10.7. The second-order valence-electron chi connectivity index (χ2n) is 4.60. The summed E-state index contributed by atoms with van der Waals surface area (Å²) in [4.78, 5) is 20.1. The van der Waals surface area contributed by atoms with Crippen LogP contribution < -0.4 is 4.72 Å². The number of anilines is 1. The van der Waals surface area contributed by atoms with Crippen molar-refractivity contribution in [2.45, 2.75) is 11.8 Å². The van der Waals surface area contributed by atoms with Gasteiger partial charge in [0, 0.05) is 12.1 Å². The molecule has 10 heteroatoms. The van der Waals surface area contributed by atoms with Gasteiger partial charge in [-0.3, -0.25) is 25.0 Å². The summed E-state index contributed by atoms with van der Waals surface area (Å²) in [7, 11) is -4.20. The Kier molecular flexibility index (Phi) is 4.27. The Balaban J connectivity index is 2.56. The zero-order chi connectivity index (χ0) is 17.2. The molecule has 0 aromatic heterocycles. The Bertz CT molecular complexity index is 845. The van der Waals surface area contributed by atoms with Crippen molar-refractivity contribution in [3.8, 4) is 0 Å². The summed E-state index contributed by atoms with van der Waals surface area (Å²) in [6, 6.07) is 8.78. The van der Waals surface area contributed by atoms with Gasteiger partial charge in [-0.05, 0) is 25.1 Å². The first-order valence-electron chi connectivity index (χ1n) is 6.23. The summed E-state index contributed by atoms with van der Waals surface area (Å²) in [5, 5.41) is 22.0. The van der Waals surface area contributed by atoms with Crippen molar-refractivity contribution in [2.24, 2.45) is 0 Å². The molecule has 0 amide bonds. The maximum Gasteiger partial charge on any atom is 0.300 e. The van der Waals surface area contributed by atoms with E-state index in [0.717, 1.165) is 23.8 Å². The van der Waals surface area contributed by atoms with E-state index in [-0.39, 0.29) is 4.90 Å². The highest BCUT2D eigenvalue weighted by molar-refractivity contribution is 7.92. The second-order valence-corrected chi connectivity index (χ2v) is 6.29. The molecule has 120 valence electrons. The molecular weight excluding hydrogens is 326 g/mol. The van der Waals surface area contributed by atoms with Crippen LogP contribution in [-0.2, 0) is 10.0 Å². The SMILES string of the molecule is Cc1ccc(S(=O)(=O)Nc2c([N+](=O)[O-])cccc2[N+](=O)[O-])cc1. The fourth-order valence-corrected chi connectivity index (χ4v) is 2.94. The molecule has 0 spiro atoms. The van der Waals surface area contributed by atoms with E-state index in [9.17, 15) is 28.6 Å². The van der Waals surface area contributed by atoms with Gasteiger partial charge in [-0.1, -0.05) is 17.7 Å². The molecule has 0 fully saturated rings. The molecule has 0 saturated heterocycles. The van der Waals surface area contributed by atoms with Crippen LogP contribution in [0, 0.1) is 27.2 Å². The van der Waals surface area contributed by atoms with Gasteiger partial charge in [-0.2, -0.15) is 0 Å². The van der Waals surface area contributed by atoms with Gasteiger partial charge in [0.1, 0.15) is 0 Å². The molecule has 0 bridgehead atoms. The van der Waals surface area contributed by atoms with E-state index in [2.05, 4.69) is 0 Å². The maximum atomic E-state index is 12.3. The van der Waals surface area contributed by atoms with Crippen molar-refractivity contribution in [3.05, 3.63) is 68.3 Å². The largest absolute Gasteiger partial charge is 0.300 e. The molecule has 9 nitrogen and oxygen atoms in total. The zero-order valence-electron chi connectivity index (χ0n) is 11.8. The van der Waals surface area contributed by atoms with Crippen molar-refractivity contribution in [2.75, 3.05) is 4.72 Å². The number of para-hydroxylation sites is 1. The van der Waals surface area contributed by atoms with Crippen LogP contribution in [0.1, 0.15) is 5.56 Å². The number of nitrogens with one attached hydrogen (secondary N) is 1. The van der Waals surface area contributed by atoms with Crippen LogP contribution in [0.4, 0.5) is 17.1 Å². The quantitative estimate of drug-likeness (QED) is 0.658. The zero-order valence-corrected chi connectivity index (χ0v) is 12.6. The fourth-order valence-electron chi connectivity index (χ4n) is 1.85. The van der Waals surface area contributed by atoms with Crippen LogP contribution in [-0.4, -0.2) is 18.3 Å². The first kappa shape index (κ1) is 16.4. The Morgan fingerprint density at radius 2 is 1.39 bits per heavy atom. The number of hydrogen-bond acceptors (Lipinski definition) is 6. The normalized spacial score (nSPS) is 11.0. The molecule has 1 N–H and O–H groups in total. The highest BCUT2D eigenvalue weighted by Crippen LogP contribution is 2.35. The molecule has 0 atom stereocenters.